The van der Waals surface area contributed by atoms with Crippen molar-refractivity contribution in [2.24, 2.45) is 0 Å². The number of thiazole rings is 1. The molecule has 5 nitrogen and oxygen atoms in total. The van der Waals surface area contributed by atoms with Crippen LogP contribution in [0, 0.1) is 0 Å². The lowest BCUT2D eigenvalue weighted by molar-refractivity contribution is 0.0606. The van der Waals surface area contributed by atoms with Gasteiger partial charge in [-0.15, -0.1) is 0 Å². The predicted molar refractivity (Wildman–Crippen MR) is 77.8 cm³/mol. The molecule has 0 N–H and O–H groups in total. The van der Waals surface area contributed by atoms with Crippen LogP contribution in [0.25, 0.3) is 0 Å². The molecule has 2 heterocycles. The average Bonchev–Trinajstić information content (AvgIpc) is 2.80. The Kier molecular flexibility index (Phi) is 4.81. The first-order valence-corrected chi connectivity index (χ1v) is 8.53. The molecular weight excluding hydrogens is 308 g/mol. The van der Waals surface area contributed by atoms with Gasteiger partial charge in [0.2, 0.25) is 0 Å². The summed E-state index contributed by atoms with van der Waals surface area (Å²) in [6, 6.07) is 0.297. The van der Waals surface area contributed by atoms with E-state index in [4.69, 9.17) is 11.6 Å². The van der Waals surface area contributed by atoms with Crippen LogP contribution in [0.4, 0.5) is 5.13 Å². The molecule has 0 saturated carbocycles. The molecule has 0 aromatic carbocycles. The van der Waals surface area contributed by atoms with E-state index in [1.54, 1.807) is 0 Å². The van der Waals surface area contributed by atoms with E-state index in [-0.39, 0.29) is 5.15 Å². The maximum absolute atomic E-state index is 11.5. The fourth-order valence-electron chi connectivity index (χ4n) is 1.99. The first-order chi connectivity index (χ1) is 9.02. The molecular formula is C11H15ClN2O3S2. The third-order valence-corrected chi connectivity index (χ3v) is 6.05. The van der Waals surface area contributed by atoms with Crippen LogP contribution in [-0.4, -0.2) is 46.9 Å². The van der Waals surface area contributed by atoms with Crippen LogP contribution in [0.2, 0.25) is 5.15 Å². The molecule has 0 atom stereocenters. The number of halogens is 1. The largest absolute Gasteiger partial charge is 0.465 e. The van der Waals surface area contributed by atoms with Crippen molar-refractivity contribution >= 4 is 44.8 Å². The molecule has 0 amide bonds. The van der Waals surface area contributed by atoms with Crippen molar-refractivity contribution in [3.8, 4) is 0 Å². The molecule has 1 aromatic rings. The van der Waals surface area contributed by atoms with Crippen molar-refractivity contribution in [2.75, 3.05) is 30.6 Å². The molecule has 8 heteroatoms. The number of esters is 1. The first-order valence-electron chi connectivity index (χ1n) is 5.85. The van der Waals surface area contributed by atoms with E-state index < -0.39 is 16.8 Å². The second-order valence-corrected chi connectivity index (χ2v) is 7.33. The van der Waals surface area contributed by atoms with E-state index in [2.05, 4.69) is 9.72 Å². The van der Waals surface area contributed by atoms with E-state index in [9.17, 15) is 9.00 Å². The van der Waals surface area contributed by atoms with Crippen LogP contribution in [0.15, 0.2) is 0 Å². The quantitative estimate of drug-likeness (QED) is 0.796. The van der Waals surface area contributed by atoms with E-state index in [0.29, 0.717) is 16.1 Å². The fraction of sp³-hybridized carbons (Fsp3) is 0.636. The maximum atomic E-state index is 11.5. The molecule has 0 aliphatic carbocycles. The molecule has 0 unspecified atom stereocenters. The SMILES string of the molecule is COC(=O)c1sc(N(C)C2CCS(=O)CC2)nc1Cl. The highest BCUT2D eigenvalue weighted by Gasteiger charge is 2.26. The first kappa shape index (κ1) is 14.7. The van der Waals surface area contributed by atoms with Gasteiger partial charge in [-0.1, -0.05) is 22.9 Å². The number of aromatic nitrogens is 1. The third-order valence-electron chi connectivity index (χ3n) is 3.15. The highest BCUT2D eigenvalue weighted by atomic mass is 35.5. The topological polar surface area (TPSA) is 59.5 Å². The molecule has 1 saturated heterocycles. The summed E-state index contributed by atoms with van der Waals surface area (Å²) in [5, 5.41) is 0.876. The summed E-state index contributed by atoms with van der Waals surface area (Å²) < 4.78 is 16.0. The second-order valence-electron chi connectivity index (χ2n) is 4.30. The van der Waals surface area contributed by atoms with Crippen LogP contribution >= 0.6 is 22.9 Å². The smallest absolute Gasteiger partial charge is 0.351 e. The van der Waals surface area contributed by atoms with Crippen molar-refractivity contribution in [3.05, 3.63) is 10.0 Å². The Morgan fingerprint density at radius 2 is 2.16 bits per heavy atom. The van der Waals surface area contributed by atoms with Crippen LogP contribution in [0.5, 0.6) is 0 Å². The van der Waals surface area contributed by atoms with Crippen LogP contribution in [-0.2, 0) is 15.5 Å². The van der Waals surface area contributed by atoms with Crippen molar-refractivity contribution in [1.82, 2.24) is 4.98 Å². The van der Waals surface area contributed by atoms with E-state index in [1.165, 1.54) is 18.4 Å². The molecule has 2 rings (SSSR count). The number of nitrogens with zero attached hydrogens (tertiary/aromatic N) is 2. The van der Waals surface area contributed by atoms with Crippen LogP contribution < -0.4 is 4.90 Å². The summed E-state index contributed by atoms with van der Waals surface area (Å²) in [7, 11) is 2.56. The van der Waals surface area contributed by atoms with E-state index in [1.807, 2.05) is 11.9 Å². The number of ether oxygens (including phenoxy) is 1. The van der Waals surface area contributed by atoms with Crippen molar-refractivity contribution in [2.45, 2.75) is 18.9 Å². The van der Waals surface area contributed by atoms with Gasteiger partial charge in [0.05, 0.1) is 7.11 Å². The Morgan fingerprint density at radius 1 is 1.53 bits per heavy atom. The van der Waals surface area contributed by atoms with E-state index in [0.717, 1.165) is 24.3 Å². The minimum atomic E-state index is -0.686. The van der Waals surface area contributed by atoms with Crippen molar-refractivity contribution < 1.29 is 13.7 Å². The molecule has 19 heavy (non-hydrogen) atoms. The number of carbonyl (C=O) groups excluding carboxylic acids is 1. The Bertz CT molecular complexity index is 496. The third kappa shape index (κ3) is 3.27. The highest BCUT2D eigenvalue weighted by molar-refractivity contribution is 7.85. The van der Waals surface area contributed by atoms with Gasteiger partial charge in [0.1, 0.15) is 0 Å². The number of rotatable bonds is 3. The lowest BCUT2D eigenvalue weighted by Gasteiger charge is -2.30. The number of hydrogen-bond acceptors (Lipinski definition) is 6. The van der Waals surface area contributed by atoms with Gasteiger partial charge >= 0.3 is 5.97 Å². The molecule has 1 fully saturated rings. The Labute approximate surface area is 123 Å². The van der Waals surface area contributed by atoms with Crippen molar-refractivity contribution in [3.63, 3.8) is 0 Å². The zero-order valence-electron chi connectivity index (χ0n) is 10.7. The van der Waals surface area contributed by atoms with Gasteiger partial charge in [0.15, 0.2) is 15.2 Å². The summed E-state index contributed by atoms with van der Waals surface area (Å²) >= 11 is 7.18. The minimum absolute atomic E-state index is 0.179. The van der Waals surface area contributed by atoms with Gasteiger partial charge in [-0.05, 0) is 12.8 Å². The maximum Gasteiger partial charge on any atom is 0.351 e. The van der Waals surface area contributed by atoms with Gasteiger partial charge in [-0.2, -0.15) is 0 Å². The number of anilines is 1. The van der Waals surface area contributed by atoms with Crippen LogP contribution in [0.1, 0.15) is 22.5 Å². The summed E-state index contributed by atoms with van der Waals surface area (Å²) in [5.74, 6) is 0.975. The molecule has 1 aliphatic rings. The van der Waals surface area contributed by atoms with Gasteiger partial charge in [-0.25, -0.2) is 9.78 Å². The van der Waals surface area contributed by atoms with Crippen LogP contribution in [0.3, 0.4) is 0 Å². The monoisotopic (exact) mass is 322 g/mol. The Hall–Kier alpha value is -0.660. The molecule has 1 aliphatic heterocycles. The summed E-state index contributed by atoms with van der Waals surface area (Å²) in [6.07, 6.45) is 1.74. The number of carbonyl (C=O) groups is 1. The zero-order chi connectivity index (χ0) is 14.0. The normalized spacial score (nSPS) is 23.1. The number of hydrogen-bond donors (Lipinski definition) is 0. The standard InChI is InChI=1S/C11H15ClN2O3S2/c1-14(7-3-5-19(16)6-4-7)11-13-9(12)8(18-11)10(15)17-2/h7H,3-6H2,1-2H3. The Morgan fingerprint density at radius 3 is 2.74 bits per heavy atom. The minimum Gasteiger partial charge on any atom is -0.465 e. The summed E-state index contributed by atoms with van der Waals surface area (Å²) in [6.45, 7) is 0. The average molecular weight is 323 g/mol. The molecule has 0 radical (unpaired) electrons. The number of methoxy groups -OCH3 is 1. The molecule has 0 spiro atoms. The van der Waals surface area contributed by atoms with Crippen molar-refractivity contribution in [1.29, 1.82) is 0 Å². The lowest BCUT2D eigenvalue weighted by atomic mass is 10.1. The van der Waals surface area contributed by atoms with Gasteiger partial charge < -0.3 is 9.64 Å². The second kappa shape index (κ2) is 6.19. The summed E-state index contributed by atoms with van der Waals surface area (Å²) in [5.41, 5.74) is 0. The lowest BCUT2D eigenvalue weighted by Crippen LogP contribution is -2.37. The summed E-state index contributed by atoms with van der Waals surface area (Å²) in [4.78, 5) is 18.0. The zero-order valence-corrected chi connectivity index (χ0v) is 13.1. The molecule has 0 bridgehead atoms. The van der Waals surface area contributed by atoms with Gasteiger partial charge in [0, 0.05) is 35.4 Å². The molecule has 106 valence electrons. The van der Waals surface area contributed by atoms with Gasteiger partial charge in [0.25, 0.3) is 0 Å². The van der Waals surface area contributed by atoms with Gasteiger partial charge in [-0.3, -0.25) is 4.21 Å². The fourth-order valence-corrected chi connectivity index (χ4v) is 4.49. The molecule has 1 aromatic heterocycles. The van der Waals surface area contributed by atoms with E-state index >= 15 is 0 Å². The highest BCUT2D eigenvalue weighted by Crippen LogP contribution is 2.32. The Balaban J connectivity index is 2.13. The predicted octanol–water partition coefficient (Wildman–Crippen LogP) is 1.93.